The number of aromatic nitrogens is 2. The average molecular weight is 292 g/mol. The van der Waals surface area contributed by atoms with Crippen molar-refractivity contribution in [3.63, 3.8) is 0 Å². The van der Waals surface area contributed by atoms with Gasteiger partial charge in [-0.1, -0.05) is 30.7 Å². The van der Waals surface area contributed by atoms with Gasteiger partial charge in [0.25, 0.3) is 0 Å². The summed E-state index contributed by atoms with van der Waals surface area (Å²) in [5.41, 5.74) is 3.64. The van der Waals surface area contributed by atoms with Gasteiger partial charge in [-0.05, 0) is 43.7 Å². The van der Waals surface area contributed by atoms with E-state index in [9.17, 15) is 0 Å². The fourth-order valence-electron chi connectivity index (χ4n) is 2.52. The summed E-state index contributed by atoms with van der Waals surface area (Å²) in [5.74, 6) is 0. The van der Waals surface area contributed by atoms with Gasteiger partial charge < -0.3 is 5.32 Å². The second-order valence-corrected chi connectivity index (χ2v) is 5.63. The van der Waals surface area contributed by atoms with E-state index in [1.54, 1.807) is 0 Å². The molecule has 0 radical (unpaired) electrons. The number of nitrogens with zero attached hydrogens (tertiary/aromatic N) is 2. The highest BCUT2D eigenvalue weighted by molar-refractivity contribution is 6.30. The summed E-state index contributed by atoms with van der Waals surface area (Å²) in [6.45, 7) is 5.14. The van der Waals surface area contributed by atoms with Gasteiger partial charge in [0.2, 0.25) is 0 Å². The third-order valence-corrected chi connectivity index (χ3v) is 3.69. The van der Waals surface area contributed by atoms with Crippen molar-refractivity contribution in [3.05, 3.63) is 52.3 Å². The van der Waals surface area contributed by atoms with Crippen molar-refractivity contribution in [2.45, 2.75) is 32.7 Å². The van der Waals surface area contributed by atoms with Crippen molar-refractivity contribution in [2.75, 3.05) is 6.54 Å². The number of rotatable bonds is 6. The second kappa shape index (κ2) is 6.91. The van der Waals surface area contributed by atoms with E-state index in [1.807, 2.05) is 30.8 Å². The zero-order chi connectivity index (χ0) is 14.5. The molecule has 2 rings (SSSR count). The lowest BCUT2D eigenvalue weighted by atomic mass is 10.0. The monoisotopic (exact) mass is 291 g/mol. The molecule has 1 heterocycles. The fourth-order valence-corrected chi connectivity index (χ4v) is 2.64. The Morgan fingerprint density at radius 1 is 1.25 bits per heavy atom. The quantitative estimate of drug-likeness (QED) is 0.886. The first-order chi connectivity index (χ1) is 9.58. The Bertz CT molecular complexity index is 545. The molecule has 3 nitrogen and oxygen atoms in total. The van der Waals surface area contributed by atoms with E-state index in [4.69, 9.17) is 11.6 Å². The smallest absolute Gasteiger partial charge is 0.0596 e. The summed E-state index contributed by atoms with van der Waals surface area (Å²) in [6, 6.07) is 10.7. The molecule has 0 saturated carbocycles. The molecule has 0 aliphatic rings. The maximum atomic E-state index is 5.94. The summed E-state index contributed by atoms with van der Waals surface area (Å²) < 4.78 is 1.97. The molecule has 1 aromatic carbocycles. The number of hydrogen-bond donors (Lipinski definition) is 1. The molecular weight excluding hydrogens is 270 g/mol. The van der Waals surface area contributed by atoms with Crippen molar-refractivity contribution in [2.24, 2.45) is 7.05 Å². The molecule has 1 unspecified atom stereocenters. The summed E-state index contributed by atoms with van der Waals surface area (Å²) in [6.07, 6.45) is 1.98. The maximum Gasteiger partial charge on any atom is 0.0596 e. The van der Waals surface area contributed by atoms with Crippen LogP contribution in [-0.2, 0) is 19.9 Å². The normalized spacial score (nSPS) is 12.6. The molecule has 0 spiro atoms. The molecule has 4 heteroatoms. The average Bonchev–Trinajstić information content (AvgIpc) is 2.71. The minimum atomic E-state index is 0.413. The summed E-state index contributed by atoms with van der Waals surface area (Å²) in [5, 5.41) is 8.76. The molecule has 0 bridgehead atoms. The minimum absolute atomic E-state index is 0.413. The first-order valence-corrected chi connectivity index (χ1v) is 7.43. The Kier molecular flexibility index (Phi) is 5.21. The number of aryl methyl sites for hydroxylation is 2. The number of benzene rings is 1. The zero-order valence-corrected chi connectivity index (χ0v) is 13.1. The standard InChI is InChI=1S/C16H22ClN3/c1-4-18-15(10-13-5-7-14(17)8-6-13)11-16-9-12(2)19-20(16)3/h5-9,15,18H,4,10-11H2,1-3H3. The molecule has 20 heavy (non-hydrogen) atoms. The van der Waals surface area contributed by atoms with Gasteiger partial charge in [-0.25, -0.2) is 0 Å². The van der Waals surface area contributed by atoms with Gasteiger partial charge in [0.1, 0.15) is 0 Å². The van der Waals surface area contributed by atoms with E-state index in [2.05, 4.69) is 35.5 Å². The number of halogens is 1. The predicted octanol–water partition coefficient (Wildman–Crippen LogP) is 3.15. The van der Waals surface area contributed by atoms with Crippen molar-refractivity contribution in [1.82, 2.24) is 15.1 Å². The fraction of sp³-hybridized carbons (Fsp3) is 0.438. The zero-order valence-electron chi connectivity index (χ0n) is 12.4. The molecule has 0 fully saturated rings. The van der Waals surface area contributed by atoms with Crippen LogP contribution in [0.25, 0.3) is 0 Å². The topological polar surface area (TPSA) is 29.9 Å². The van der Waals surface area contributed by atoms with Crippen molar-refractivity contribution in [1.29, 1.82) is 0 Å². The Morgan fingerprint density at radius 3 is 2.50 bits per heavy atom. The van der Waals surface area contributed by atoms with Crippen molar-refractivity contribution in [3.8, 4) is 0 Å². The minimum Gasteiger partial charge on any atom is -0.314 e. The lowest BCUT2D eigenvalue weighted by molar-refractivity contribution is 0.504. The highest BCUT2D eigenvalue weighted by Crippen LogP contribution is 2.13. The van der Waals surface area contributed by atoms with Crippen LogP contribution in [0.15, 0.2) is 30.3 Å². The molecule has 2 aromatic rings. The van der Waals surface area contributed by atoms with Gasteiger partial charge in [0.15, 0.2) is 0 Å². The number of likely N-dealkylation sites (N-methyl/N-ethyl adjacent to an activating group) is 1. The van der Waals surface area contributed by atoms with Crippen LogP contribution in [0.1, 0.15) is 23.9 Å². The van der Waals surface area contributed by atoms with E-state index in [0.717, 1.165) is 30.1 Å². The molecular formula is C16H22ClN3. The van der Waals surface area contributed by atoms with E-state index in [-0.39, 0.29) is 0 Å². The van der Waals surface area contributed by atoms with Crippen LogP contribution in [-0.4, -0.2) is 22.4 Å². The summed E-state index contributed by atoms with van der Waals surface area (Å²) >= 11 is 5.94. The molecule has 1 atom stereocenters. The highest BCUT2D eigenvalue weighted by Gasteiger charge is 2.12. The van der Waals surface area contributed by atoms with Crippen LogP contribution in [0.2, 0.25) is 5.02 Å². The van der Waals surface area contributed by atoms with Crippen LogP contribution < -0.4 is 5.32 Å². The first kappa shape index (κ1) is 15.1. The SMILES string of the molecule is CCNC(Cc1ccc(Cl)cc1)Cc1cc(C)nn1C. The molecule has 1 aromatic heterocycles. The molecule has 0 saturated heterocycles. The van der Waals surface area contributed by atoms with Gasteiger partial charge in [-0.15, -0.1) is 0 Å². The predicted molar refractivity (Wildman–Crippen MR) is 84.3 cm³/mol. The van der Waals surface area contributed by atoms with Crippen LogP contribution >= 0.6 is 11.6 Å². The number of hydrogen-bond acceptors (Lipinski definition) is 2. The Labute approximate surface area is 126 Å². The largest absolute Gasteiger partial charge is 0.314 e. The second-order valence-electron chi connectivity index (χ2n) is 5.19. The van der Waals surface area contributed by atoms with Crippen molar-refractivity contribution >= 4 is 11.6 Å². The summed E-state index contributed by atoms with van der Waals surface area (Å²) in [7, 11) is 2.01. The van der Waals surface area contributed by atoms with Gasteiger partial charge in [-0.2, -0.15) is 5.10 Å². The maximum absolute atomic E-state index is 5.94. The van der Waals surface area contributed by atoms with Crippen LogP contribution in [0, 0.1) is 6.92 Å². The molecule has 0 aliphatic carbocycles. The molecule has 0 amide bonds. The summed E-state index contributed by atoms with van der Waals surface area (Å²) in [4.78, 5) is 0. The lowest BCUT2D eigenvalue weighted by Crippen LogP contribution is -2.33. The molecule has 1 N–H and O–H groups in total. The Morgan fingerprint density at radius 2 is 1.95 bits per heavy atom. The van der Waals surface area contributed by atoms with E-state index in [0.29, 0.717) is 6.04 Å². The van der Waals surface area contributed by atoms with Crippen molar-refractivity contribution < 1.29 is 0 Å². The third kappa shape index (κ3) is 4.09. The number of nitrogens with one attached hydrogen (secondary N) is 1. The van der Waals surface area contributed by atoms with Gasteiger partial charge in [0.05, 0.1) is 5.69 Å². The van der Waals surface area contributed by atoms with Crippen LogP contribution in [0.4, 0.5) is 0 Å². The van der Waals surface area contributed by atoms with Crippen LogP contribution in [0.5, 0.6) is 0 Å². The Hall–Kier alpha value is -1.32. The lowest BCUT2D eigenvalue weighted by Gasteiger charge is -2.18. The van der Waals surface area contributed by atoms with E-state index >= 15 is 0 Å². The van der Waals surface area contributed by atoms with E-state index < -0.39 is 0 Å². The Balaban J connectivity index is 2.06. The molecule has 108 valence electrons. The van der Waals surface area contributed by atoms with Crippen LogP contribution in [0.3, 0.4) is 0 Å². The van der Waals surface area contributed by atoms with Gasteiger partial charge >= 0.3 is 0 Å². The van der Waals surface area contributed by atoms with E-state index in [1.165, 1.54) is 11.3 Å². The third-order valence-electron chi connectivity index (χ3n) is 3.44. The van der Waals surface area contributed by atoms with Gasteiger partial charge in [-0.3, -0.25) is 4.68 Å². The first-order valence-electron chi connectivity index (χ1n) is 7.06. The highest BCUT2D eigenvalue weighted by atomic mass is 35.5. The van der Waals surface area contributed by atoms with Gasteiger partial charge in [0, 0.05) is 30.2 Å². The molecule has 0 aliphatic heterocycles.